The van der Waals surface area contributed by atoms with Gasteiger partial charge in [0, 0.05) is 0 Å². The number of aryl methyl sites for hydroxylation is 4. The van der Waals surface area contributed by atoms with Crippen molar-refractivity contribution in [2.24, 2.45) is 0 Å². The van der Waals surface area contributed by atoms with Crippen molar-refractivity contribution in [3.63, 3.8) is 0 Å². The fraction of sp³-hybridized carbons (Fsp3) is 0.655. The van der Waals surface area contributed by atoms with Crippen molar-refractivity contribution in [2.75, 3.05) is 0 Å². The Morgan fingerprint density at radius 1 is 0.328 bits per heavy atom. The zero-order valence-corrected chi connectivity index (χ0v) is 51.9. The molecule has 0 fully saturated rings. The molecule has 2 aromatic carbocycles. The van der Waals surface area contributed by atoms with E-state index in [9.17, 15) is 0 Å². The number of benzene rings is 2. The molecule has 6 aromatic rings. The van der Waals surface area contributed by atoms with Crippen LogP contribution in [0, 0.1) is 0 Å². The van der Waals surface area contributed by atoms with Crippen molar-refractivity contribution >= 4 is 128 Å². The summed E-state index contributed by atoms with van der Waals surface area (Å²) in [4.78, 5) is 15.6. The minimum absolute atomic E-state index is 1.27. The van der Waals surface area contributed by atoms with Gasteiger partial charge in [-0.15, -0.1) is 22.7 Å². The Bertz CT molecular complexity index is 2070. The topological polar surface area (TPSA) is 0 Å². The maximum atomic E-state index is 2.70. The molecule has 0 aliphatic carbocycles. The van der Waals surface area contributed by atoms with Crippen LogP contribution in [-0.2, 0) is 25.7 Å². The van der Waals surface area contributed by atoms with Crippen LogP contribution >= 0.6 is 45.3 Å². The van der Waals surface area contributed by atoms with Crippen LogP contribution in [0.25, 0.3) is 40.3 Å². The van der Waals surface area contributed by atoms with Crippen molar-refractivity contribution in [3.05, 3.63) is 57.3 Å². The number of fused-ring (bicyclic) bond motifs is 6. The quantitative estimate of drug-likeness (QED) is 0.0311. The van der Waals surface area contributed by atoms with Crippen LogP contribution in [0.15, 0.2) is 35.0 Å². The summed E-state index contributed by atoms with van der Waals surface area (Å²) in [6, 6.07) is 10.2. The molecule has 6 rings (SSSR count). The predicted octanol–water partition coefficient (Wildman–Crippen LogP) is 20.9. The summed E-state index contributed by atoms with van der Waals surface area (Å²) in [5.41, 5.74) is 6.89. The molecule has 0 saturated heterocycles. The standard InChI is InChI=1S/C26H38S2.C26H36S2.6CH3.2Sn/c2*1-3-5-7-9-11-13-15-21-22(16-14-12-10-8-6-4-2)24-18-20-28-26(24)25-23(21)17-19-27-25;;;;;;;;/h17-20H,3-16H2,1-2H3;17-18H,3-16H2,1-2H3;6*1H3;;. The second-order valence-corrected chi connectivity index (χ2v) is 56.3. The van der Waals surface area contributed by atoms with E-state index in [0.717, 1.165) is 0 Å². The zero-order chi connectivity index (χ0) is 46.0. The Hall–Kier alpha value is -0.123. The van der Waals surface area contributed by atoms with E-state index in [0.29, 0.717) is 0 Å². The van der Waals surface area contributed by atoms with Crippen LogP contribution in [0.2, 0.25) is 29.6 Å². The van der Waals surface area contributed by atoms with Gasteiger partial charge in [-0.1, -0.05) is 78.1 Å². The van der Waals surface area contributed by atoms with Crippen molar-refractivity contribution in [1.82, 2.24) is 0 Å². The first-order valence-electron chi connectivity index (χ1n) is 26.8. The molecule has 4 aromatic heterocycles. The molecule has 0 saturated carbocycles. The molecule has 0 aliphatic rings. The molecular formula is C58H92S4Sn2. The minimum Gasteiger partial charge on any atom is -0.142 e. The number of rotatable bonds is 30. The second-order valence-electron chi connectivity index (χ2n) is 21.5. The fourth-order valence-electron chi connectivity index (χ4n) is 9.87. The van der Waals surface area contributed by atoms with E-state index in [4.69, 9.17) is 0 Å². The van der Waals surface area contributed by atoms with E-state index in [1.54, 1.807) is 59.0 Å². The van der Waals surface area contributed by atoms with Gasteiger partial charge in [0.25, 0.3) is 0 Å². The average molecular weight is 1160 g/mol. The van der Waals surface area contributed by atoms with Crippen LogP contribution in [0.5, 0.6) is 0 Å². The SMILES string of the molecule is CCCCCCCCc1c(CCCCCCCC)c2c[c]([Sn]([CH3])([CH3])[CH3])sc2c2s[c]([Sn]([CH3])([CH3])[CH3])cc12.CCCCCCCCc1c(CCCCCCCC)c2ccsc2c2sccc12. The third kappa shape index (κ3) is 16.0. The van der Waals surface area contributed by atoms with Gasteiger partial charge in [0.05, 0.1) is 9.40 Å². The van der Waals surface area contributed by atoms with Crippen LogP contribution < -0.4 is 5.79 Å². The van der Waals surface area contributed by atoms with Crippen molar-refractivity contribution in [2.45, 2.75) is 237 Å². The molecule has 0 amide bonds. The summed E-state index contributed by atoms with van der Waals surface area (Å²) in [6.07, 6.45) is 38.5. The van der Waals surface area contributed by atoms with E-state index >= 15 is 0 Å². The van der Waals surface area contributed by atoms with E-state index in [2.05, 4.69) is 115 Å². The summed E-state index contributed by atoms with van der Waals surface area (Å²) in [5.74, 6) is 0. The molecule has 0 unspecified atom stereocenters. The minimum atomic E-state index is -2.13. The molecule has 6 heteroatoms. The molecule has 0 N–H and O–H groups in total. The molecule has 4 heterocycles. The van der Waals surface area contributed by atoms with Gasteiger partial charge < -0.3 is 0 Å². The third-order valence-corrected chi connectivity index (χ3v) is 37.1. The molecular weight excluding hydrogens is 1060 g/mol. The van der Waals surface area contributed by atoms with E-state index < -0.39 is 36.8 Å². The number of thiophene rings is 4. The van der Waals surface area contributed by atoms with E-state index in [-0.39, 0.29) is 0 Å². The molecule has 0 radical (unpaired) electrons. The Labute approximate surface area is 418 Å². The molecule has 0 nitrogen and oxygen atoms in total. The Balaban J connectivity index is 0.000000248. The van der Waals surface area contributed by atoms with Crippen molar-refractivity contribution in [3.8, 4) is 0 Å². The molecule has 0 aliphatic heterocycles. The number of hydrogen-bond acceptors (Lipinski definition) is 4. The first-order valence-corrected chi connectivity index (χ1v) is 50.2. The maximum Gasteiger partial charge on any atom is 0.0523 e. The van der Waals surface area contributed by atoms with Crippen LogP contribution in [-0.4, -0.2) is 36.8 Å². The maximum absolute atomic E-state index is 2.70. The van der Waals surface area contributed by atoms with Gasteiger partial charge in [-0.05, 0) is 70.5 Å². The summed E-state index contributed by atoms with van der Waals surface area (Å²) in [7, 11) is 0. The first kappa shape index (κ1) is 54.8. The Morgan fingerprint density at radius 3 is 0.875 bits per heavy atom. The van der Waals surface area contributed by atoms with Gasteiger partial charge in [-0.2, -0.15) is 0 Å². The van der Waals surface area contributed by atoms with Crippen LogP contribution in [0.1, 0.15) is 204 Å². The summed E-state index contributed by atoms with van der Waals surface area (Å²) in [5, 5.41) is 11.1. The number of unbranched alkanes of at least 4 members (excludes halogenated alkanes) is 20. The van der Waals surface area contributed by atoms with Crippen molar-refractivity contribution < 1.29 is 0 Å². The van der Waals surface area contributed by atoms with Crippen molar-refractivity contribution in [1.29, 1.82) is 0 Å². The molecule has 64 heavy (non-hydrogen) atoms. The van der Waals surface area contributed by atoms with E-state index in [1.807, 2.05) is 22.7 Å². The normalized spacial score (nSPS) is 12.4. The van der Waals surface area contributed by atoms with Crippen LogP contribution in [0.4, 0.5) is 0 Å². The van der Waals surface area contributed by atoms with Gasteiger partial charge in [0.2, 0.25) is 0 Å². The van der Waals surface area contributed by atoms with E-state index in [1.165, 1.54) is 189 Å². The molecule has 0 atom stereocenters. The van der Waals surface area contributed by atoms with Gasteiger partial charge in [-0.25, -0.2) is 0 Å². The smallest absolute Gasteiger partial charge is 0.0523 e. The molecule has 0 spiro atoms. The van der Waals surface area contributed by atoms with Gasteiger partial charge >= 0.3 is 242 Å². The van der Waals surface area contributed by atoms with Gasteiger partial charge in [0.1, 0.15) is 0 Å². The predicted molar refractivity (Wildman–Crippen MR) is 309 cm³/mol. The monoisotopic (exact) mass is 1160 g/mol. The number of hydrogen-bond donors (Lipinski definition) is 0. The fourth-order valence-corrected chi connectivity index (χ4v) is 24.8. The van der Waals surface area contributed by atoms with Gasteiger partial charge in [0.15, 0.2) is 0 Å². The Kier molecular flexibility index (Phi) is 24.4. The summed E-state index contributed by atoms with van der Waals surface area (Å²) >= 11 is 4.02. The Morgan fingerprint density at radius 2 is 0.594 bits per heavy atom. The summed E-state index contributed by atoms with van der Waals surface area (Å²) < 4.78 is 9.94. The average Bonchev–Trinajstić information content (AvgIpc) is 4.10. The zero-order valence-electron chi connectivity index (χ0n) is 42.9. The molecule has 356 valence electrons. The van der Waals surface area contributed by atoms with Gasteiger partial charge in [-0.3, -0.25) is 0 Å². The second kappa shape index (κ2) is 28.5. The largest absolute Gasteiger partial charge is 0.142 e. The molecule has 0 bridgehead atoms. The summed E-state index contributed by atoms with van der Waals surface area (Å²) in [6.45, 7) is 9.26. The first-order chi connectivity index (χ1) is 30.9. The van der Waals surface area contributed by atoms with Crippen LogP contribution in [0.3, 0.4) is 0 Å². The third-order valence-electron chi connectivity index (χ3n) is 13.8.